The van der Waals surface area contributed by atoms with E-state index < -0.39 is 16.1 Å². The van der Waals surface area contributed by atoms with E-state index in [1.54, 1.807) is 17.0 Å². The molecule has 0 radical (unpaired) electrons. The Balaban J connectivity index is 1.47. The summed E-state index contributed by atoms with van der Waals surface area (Å²) in [5, 5.41) is 0. The van der Waals surface area contributed by atoms with Gasteiger partial charge in [-0.05, 0) is 66.5 Å². The normalized spacial score (nSPS) is 16.5. The lowest BCUT2D eigenvalue weighted by atomic mass is 10.0. The highest BCUT2D eigenvalue weighted by molar-refractivity contribution is 7.90. The van der Waals surface area contributed by atoms with Crippen LogP contribution in [0.5, 0.6) is 0 Å². The summed E-state index contributed by atoms with van der Waals surface area (Å²) in [6, 6.07) is 12.7. The Bertz CT molecular complexity index is 926. The molecule has 2 aliphatic rings. The second-order valence-corrected chi connectivity index (χ2v) is 8.63. The highest BCUT2D eigenvalue weighted by Gasteiger charge is 2.25. The zero-order valence-electron chi connectivity index (χ0n) is 14.6. The molecule has 0 fully saturated rings. The summed E-state index contributed by atoms with van der Waals surface area (Å²) in [6.07, 6.45) is 4.43. The van der Waals surface area contributed by atoms with Crippen LogP contribution in [0, 0.1) is 0 Å². The molecule has 5 nitrogen and oxygen atoms in total. The topological polar surface area (TPSA) is 66.5 Å². The van der Waals surface area contributed by atoms with Gasteiger partial charge in [0.2, 0.25) is 0 Å². The van der Waals surface area contributed by atoms with Crippen LogP contribution in [0.3, 0.4) is 0 Å². The molecule has 26 heavy (non-hydrogen) atoms. The van der Waals surface area contributed by atoms with Crippen LogP contribution in [-0.2, 0) is 35.7 Å². The van der Waals surface area contributed by atoms with Gasteiger partial charge >= 0.3 is 6.03 Å². The number of nitrogens with zero attached hydrogens (tertiary/aromatic N) is 1. The molecule has 2 aromatic carbocycles. The summed E-state index contributed by atoms with van der Waals surface area (Å²) in [6.45, 7) is 1.03. The lowest BCUT2D eigenvalue weighted by Crippen LogP contribution is -2.43. The molecule has 2 aromatic rings. The monoisotopic (exact) mass is 370 g/mol. The van der Waals surface area contributed by atoms with Crippen molar-refractivity contribution in [3.63, 3.8) is 0 Å². The van der Waals surface area contributed by atoms with E-state index in [4.69, 9.17) is 0 Å². The fourth-order valence-corrected chi connectivity index (χ4v) is 4.85. The van der Waals surface area contributed by atoms with Crippen molar-refractivity contribution in [2.45, 2.75) is 37.0 Å². The van der Waals surface area contributed by atoms with Crippen LogP contribution in [-0.4, -0.2) is 32.4 Å². The Kier molecular flexibility index (Phi) is 4.44. The molecular weight excluding hydrogens is 348 g/mol. The number of rotatable bonds is 2. The van der Waals surface area contributed by atoms with E-state index in [-0.39, 0.29) is 4.90 Å². The fraction of sp³-hybridized carbons (Fsp3) is 0.350. The highest BCUT2D eigenvalue weighted by Crippen LogP contribution is 2.24. The number of carbonyl (C=O) groups is 1. The van der Waals surface area contributed by atoms with Gasteiger partial charge in [-0.1, -0.05) is 30.3 Å². The first-order chi connectivity index (χ1) is 12.5. The Morgan fingerprint density at radius 2 is 1.46 bits per heavy atom. The largest absolute Gasteiger partial charge is 0.331 e. The number of fused-ring (bicyclic) bond motifs is 2. The molecule has 136 valence electrons. The van der Waals surface area contributed by atoms with Crippen molar-refractivity contribution in [3.05, 3.63) is 64.7 Å². The molecule has 0 aromatic heterocycles. The van der Waals surface area contributed by atoms with Gasteiger partial charge < -0.3 is 4.90 Å². The van der Waals surface area contributed by atoms with Gasteiger partial charge in [-0.3, -0.25) is 0 Å². The third-order valence-electron chi connectivity index (χ3n) is 5.31. The zero-order chi connectivity index (χ0) is 18.1. The van der Waals surface area contributed by atoms with E-state index in [0.717, 1.165) is 37.7 Å². The van der Waals surface area contributed by atoms with E-state index >= 15 is 0 Å². The van der Waals surface area contributed by atoms with Crippen LogP contribution in [0.1, 0.15) is 28.7 Å². The van der Waals surface area contributed by atoms with E-state index in [1.807, 2.05) is 18.2 Å². The van der Waals surface area contributed by atoms with Gasteiger partial charge in [-0.2, -0.15) is 0 Å². The molecule has 0 saturated carbocycles. The first-order valence-corrected chi connectivity index (χ1v) is 10.5. The molecule has 0 spiro atoms. The van der Waals surface area contributed by atoms with E-state index in [2.05, 4.69) is 16.9 Å². The Hall–Kier alpha value is -2.34. The van der Waals surface area contributed by atoms with Crippen molar-refractivity contribution in [1.82, 2.24) is 9.62 Å². The van der Waals surface area contributed by atoms with Crippen molar-refractivity contribution in [2.24, 2.45) is 0 Å². The van der Waals surface area contributed by atoms with Crippen molar-refractivity contribution in [1.29, 1.82) is 0 Å². The first kappa shape index (κ1) is 17.1. The number of amides is 2. The Labute approximate surface area is 154 Å². The van der Waals surface area contributed by atoms with Crippen molar-refractivity contribution >= 4 is 16.1 Å². The number of urea groups is 1. The minimum atomic E-state index is -3.85. The summed E-state index contributed by atoms with van der Waals surface area (Å²) in [5.74, 6) is 0. The zero-order valence-corrected chi connectivity index (χ0v) is 15.4. The molecule has 1 N–H and O–H groups in total. The predicted octanol–water partition coefficient (Wildman–Crippen LogP) is 2.67. The average molecular weight is 370 g/mol. The maximum atomic E-state index is 12.6. The molecule has 1 aliphatic heterocycles. The third kappa shape index (κ3) is 3.33. The molecule has 0 unspecified atom stereocenters. The molecular formula is C20H22N2O3S. The van der Waals surface area contributed by atoms with Crippen LogP contribution >= 0.6 is 0 Å². The van der Waals surface area contributed by atoms with Gasteiger partial charge in [-0.25, -0.2) is 17.9 Å². The van der Waals surface area contributed by atoms with Crippen LogP contribution in [0.2, 0.25) is 0 Å². The number of hydrogen-bond donors (Lipinski definition) is 1. The van der Waals surface area contributed by atoms with Crippen LogP contribution in [0.4, 0.5) is 4.79 Å². The van der Waals surface area contributed by atoms with E-state index in [9.17, 15) is 13.2 Å². The van der Waals surface area contributed by atoms with Crippen LogP contribution < -0.4 is 4.72 Å². The van der Waals surface area contributed by atoms with Gasteiger partial charge in [0.15, 0.2) is 0 Å². The number of carbonyl (C=O) groups excluding carboxylic acids is 1. The van der Waals surface area contributed by atoms with Crippen LogP contribution in [0.15, 0.2) is 47.4 Å². The summed E-state index contributed by atoms with van der Waals surface area (Å²) in [4.78, 5) is 14.3. The second kappa shape index (κ2) is 6.76. The quantitative estimate of drug-likeness (QED) is 0.884. The van der Waals surface area contributed by atoms with E-state index in [0.29, 0.717) is 13.1 Å². The van der Waals surface area contributed by atoms with Gasteiger partial charge in [-0.15, -0.1) is 0 Å². The lowest BCUT2D eigenvalue weighted by Gasteiger charge is -2.20. The molecule has 0 bridgehead atoms. The van der Waals surface area contributed by atoms with Crippen molar-refractivity contribution in [2.75, 3.05) is 13.1 Å². The average Bonchev–Trinajstić information content (AvgIpc) is 2.99. The third-order valence-corrected chi connectivity index (χ3v) is 6.63. The number of sulfonamides is 1. The van der Waals surface area contributed by atoms with Gasteiger partial charge in [0.1, 0.15) is 0 Å². The number of aryl methyl sites for hydroxylation is 2. The molecule has 6 heteroatoms. The number of nitrogens with one attached hydrogen (secondary N) is 1. The SMILES string of the molecule is O=C(NS(=O)(=O)c1ccc2c(c1)CCC2)N1CCc2ccccc2CC1. The predicted molar refractivity (Wildman–Crippen MR) is 99.6 cm³/mol. The first-order valence-electron chi connectivity index (χ1n) is 9.03. The van der Waals surface area contributed by atoms with E-state index in [1.165, 1.54) is 16.7 Å². The lowest BCUT2D eigenvalue weighted by molar-refractivity contribution is 0.206. The van der Waals surface area contributed by atoms with Crippen molar-refractivity contribution < 1.29 is 13.2 Å². The highest BCUT2D eigenvalue weighted by atomic mass is 32.2. The number of benzene rings is 2. The summed E-state index contributed by atoms with van der Waals surface area (Å²) in [5.41, 5.74) is 4.74. The Morgan fingerprint density at radius 3 is 2.15 bits per heavy atom. The fourth-order valence-electron chi connectivity index (χ4n) is 3.82. The summed E-state index contributed by atoms with van der Waals surface area (Å²) in [7, 11) is -3.85. The molecule has 1 aliphatic carbocycles. The molecule has 0 saturated heterocycles. The molecule has 0 atom stereocenters. The summed E-state index contributed by atoms with van der Waals surface area (Å²) >= 11 is 0. The summed E-state index contributed by atoms with van der Waals surface area (Å²) < 4.78 is 27.5. The van der Waals surface area contributed by atoms with Crippen LogP contribution in [0.25, 0.3) is 0 Å². The maximum absolute atomic E-state index is 12.6. The molecule has 2 amide bonds. The molecule has 1 heterocycles. The van der Waals surface area contributed by atoms with Gasteiger partial charge in [0.25, 0.3) is 10.0 Å². The maximum Gasteiger partial charge on any atom is 0.331 e. The minimum Gasteiger partial charge on any atom is -0.323 e. The van der Waals surface area contributed by atoms with Gasteiger partial charge in [0, 0.05) is 13.1 Å². The minimum absolute atomic E-state index is 0.171. The van der Waals surface area contributed by atoms with Crippen molar-refractivity contribution in [3.8, 4) is 0 Å². The number of hydrogen-bond acceptors (Lipinski definition) is 3. The standard InChI is InChI=1S/C20H22N2O3S/c23-20(22-12-10-16-4-1-2-5-17(16)11-13-22)21-26(24,25)19-9-8-15-6-3-7-18(15)14-19/h1-2,4-5,8-9,14H,3,6-7,10-13H2,(H,21,23). The smallest absolute Gasteiger partial charge is 0.323 e. The molecule has 4 rings (SSSR count). The second-order valence-electron chi connectivity index (χ2n) is 6.95. The van der Waals surface area contributed by atoms with Gasteiger partial charge in [0.05, 0.1) is 4.90 Å². The Morgan fingerprint density at radius 1 is 0.846 bits per heavy atom.